The van der Waals surface area contributed by atoms with Crippen molar-refractivity contribution < 1.29 is 17.6 Å². The molecule has 0 atom stereocenters. The molecule has 6 heteroatoms. The SMILES string of the molecule is NN(Cc1cccc(C(F)(F)F)c1)c1ccc(F)cc1. The van der Waals surface area contributed by atoms with Gasteiger partial charge < -0.3 is 5.01 Å². The van der Waals surface area contributed by atoms with Crippen LogP contribution in [0, 0.1) is 5.82 Å². The minimum Gasteiger partial charge on any atom is -0.307 e. The van der Waals surface area contributed by atoms with Crippen LogP contribution < -0.4 is 10.9 Å². The molecule has 0 saturated heterocycles. The maximum atomic E-state index is 12.8. The van der Waals surface area contributed by atoms with Crippen molar-refractivity contribution in [2.75, 3.05) is 5.01 Å². The molecule has 0 aromatic heterocycles. The smallest absolute Gasteiger partial charge is 0.307 e. The van der Waals surface area contributed by atoms with Crippen molar-refractivity contribution in [3.05, 3.63) is 65.5 Å². The number of halogens is 4. The molecule has 2 rings (SSSR count). The second kappa shape index (κ2) is 5.50. The van der Waals surface area contributed by atoms with Crippen molar-refractivity contribution in [2.24, 2.45) is 5.84 Å². The quantitative estimate of drug-likeness (QED) is 0.528. The van der Waals surface area contributed by atoms with Gasteiger partial charge in [-0.1, -0.05) is 12.1 Å². The van der Waals surface area contributed by atoms with E-state index >= 15 is 0 Å². The average molecular weight is 284 g/mol. The van der Waals surface area contributed by atoms with Gasteiger partial charge in [0.1, 0.15) is 5.82 Å². The molecule has 0 saturated carbocycles. The lowest BCUT2D eigenvalue weighted by molar-refractivity contribution is -0.137. The molecule has 0 aliphatic heterocycles. The van der Waals surface area contributed by atoms with Crippen LogP contribution >= 0.6 is 0 Å². The average Bonchev–Trinajstić information content (AvgIpc) is 2.38. The highest BCUT2D eigenvalue weighted by Gasteiger charge is 2.30. The van der Waals surface area contributed by atoms with Crippen LogP contribution in [0.4, 0.5) is 23.2 Å². The summed E-state index contributed by atoms with van der Waals surface area (Å²) in [5.74, 6) is 5.36. The van der Waals surface area contributed by atoms with Crippen molar-refractivity contribution in [1.82, 2.24) is 0 Å². The number of rotatable bonds is 3. The molecule has 2 nitrogen and oxygen atoms in total. The predicted molar refractivity (Wildman–Crippen MR) is 68.2 cm³/mol. The van der Waals surface area contributed by atoms with E-state index in [4.69, 9.17) is 5.84 Å². The van der Waals surface area contributed by atoms with Crippen LogP contribution in [0.15, 0.2) is 48.5 Å². The largest absolute Gasteiger partial charge is 0.416 e. The summed E-state index contributed by atoms with van der Waals surface area (Å²) in [6, 6.07) is 10.3. The van der Waals surface area contributed by atoms with E-state index in [1.165, 1.54) is 35.3 Å². The van der Waals surface area contributed by atoms with E-state index in [-0.39, 0.29) is 6.54 Å². The van der Waals surface area contributed by atoms with Gasteiger partial charge in [0.05, 0.1) is 17.8 Å². The van der Waals surface area contributed by atoms with Crippen molar-refractivity contribution >= 4 is 5.69 Å². The summed E-state index contributed by atoms with van der Waals surface area (Å²) in [6.45, 7) is 0.0928. The molecule has 0 bridgehead atoms. The summed E-state index contributed by atoms with van der Waals surface area (Å²) in [5.41, 5.74) is 0.220. The van der Waals surface area contributed by atoms with Crippen molar-refractivity contribution in [3.8, 4) is 0 Å². The molecular formula is C14H12F4N2. The molecular weight excluding hydrogens is 272 g/mol. The molecule has 0 radical (unpaired) electrons. The number of benzene rings is 2. The number of nitrogens with two attached hydrogens (primary N) is 1. The lowest BCUT2D eigenvalue weighted by atomic mass is 10.1. The third kappa shape index (κ3) is 3.48. The Bertz CT molecular complexity index is 578. The van der Waals surface area contributed by atoms with Gasteiger partial charge >= 0.3 is 6.18 Å². The zero-order valence-corrected chi connectivity index (χ0v) is 10.4. The van der Waals surface area contributed by atoms with E-state index in [0.717, 1.165) is 12.1 Å². The van der Waals surface area contributed by atoms with Gasteiger partial charge in [-0.25, -0.2) is 10.2 Å². The van der Waals surface area contributed by atoms with Crippen LogP contribution in [0.1, 0.15) is 11.1 Å². The fraction of sp³-hybridized carbons (Fsp3) is 0.143. The fourth-order valence-electron chi connectivity index (χ4n) is 1.77. The summed E-state index contributed by atoms with van der Waals surface area (Å²) in [5, 5.41) is 1.26. The Labute approximate surface area is 113 Å². The Kier molecular flexibility index (Phi) is 3.94. The first-order chi connectivity index (χ1) is 9.36. The standard InChI is InChI=1S/C14H12F4N2/c15-12-4-6-13(7-5-12)20(19)9-10-2-1-3-11(8-10)14(16,17)18/h1-8H,9,19H2. The molecule has 2 aromatic rings. The van der Waals surface area contributed by atoms with Gasteiger partial charge in [-0.05, 0) is 42.0 Å². The highest BCUT2D eigenvalue weighted by molar-refractivity contribution is 5.45. The summed E-state index contributed by atoms with van der Waals surface area (Å²) >= 11 is 0. The van der Waals surface area contributed by atoms with Gasteiger partial charge in [0.25, 0.3) is 0 Å². The van der Waals surface area contributed by atoms with E-state index in [1.807, 2.05) is 0 Å². The third-order valence-electron chi connectivity index (χ3n) is 2.77. The number of hydrazine groups is 1. The van der Waals surface area contributed by atoms with Crippen molar-refractivity contribution in [1.29, 1.82) is 0 Å². The molecule has 0 amide bonds. The van der Waals surface area contributed by atoms with Crippen LogP contribution in [0.2, 0.25) is 0 Å². The Morgan fingerprint density at radius 1 is 1.00 bits per heavy atom. The number of hydrogen-bond donors (Lipinski definition) is 1. The molecule has 2 aromatic carbocycles. The topological polar surface area (TPSA) is 29.3 Å². The minimum absolute atomic E-state index is 0.0928. The lowest BCUT2D eigenvalue weighted by Gasteiger charge is -2.19. The van der Waals surface area contributed by atoms with Crippen LogP contribution in [0.25, 0.3) is 0 Å². The minimum atomic E-state index is -4.38. The summed E-state index contributed by atoms with van der Waals surface area (Å²) in [4.78, 5) is 0. The Hall–Kier alpha value is -2.08. The zero-order valence-electron chi connectivity index (χ0n) is 10.4. The van der Waals surface area contributed by atoms with E-state index in [2.05, 4.69) is 0 Å². The van der Waals surface area contributed by atoms with Gasteiger partial charge in [0, 0.05) is 0 Å². The Morgan fingerprint density at radius 3 is 2.25 bits per heavy atom. The first-order valence-corrected chi connectivity index (χ1v) is 5.80. The Balaban J connectivity index is 2.15. The number of anilines is 1. The second-order valence-corrected chi connectivity index (χ2v) is 4.30. The molecule has 2 N–H and O–H groups in total. The third-order valence-corrected chi connectivity index (χ3v) is 2.77. The van der Waals surface area contributed by atoms with Gasteiger partial charge in [-0.2, -0.15) is 13.2 Å². The predicted octanol–water partition coefficient (Wildman–Crippen LogP) is 3.72. The maximum absolute atomic E-state index is 12.8. The molecule has 106 valence electrons. The fourth-order valence-corrected chi connectivity index (χ4v) is 1.77. The Morgan fingerprint density at radius 2 is 1.65 bits per heavy atom. The number of hydrogen-bond acceptors (Lipinski definition) is 2. The molecule has 0 spiro atoms. The summed E-state index contributed by atoms with van der Waals surface area (Å²) < 4.78 is 50.5. The van der Waals surface area contributed by atoms with Crippen molar-refractivity contribution in [3.63, 3.8) is 0 Å². The van der Waals surface area contributed by atoms with E-state index < -0.39 is 17.6 Å². The van der Waals surface area contributed by atoms with Gasteiger partial charge in [0.15, 0.2) is 0 Å². The van der Waals surface area contributed by atoms with Crippen LogP contribution in [0.5, 0.6) is 0 Å². The molecule has 0 aliphatic carbocycles. The molecule has 0 aliphatic rings. The normalized spacial score (nSPS) is 11.4. The highest BCUT2D eigenvalue weighted by Crippen LogP contribution is 2.29. The monoisotopic (exact) mass is 284 g/mol. The molecule has 0 heterocycles. The van der Waals surface area contributed by atoms with Gasteiger partial charge in [-0.3, -0.25) is 0 Å². The van der Waals surface area contributed by atoms with Crippen LogP contribution in [-0.4, -0.2) is 0 Å². The van der Waals surface area contributed by atoms with Crippen LogP contribution in [0.3, 0.4) is 0 Å². The molecule has 0 unspecified atom stereocenters. The second-order valence-electron chi connectivity index (χ2n) is 4.30. The van der Waals surface area contributed by atoms with Crippen molar-refractivity contribution in [2.45, 2.75) is 12.7 Å². The summed E-state index contributed by atoms with van der Waals surface area (Å²) in [7, 11) is 0. The van der Waals surface area contributed by atoms with E-state index in [1.54, 1.807) is 6.07 Å². The zero-order chi connectivity index (χ0) is 14.8. The maximum Gasteiger partial charge on any atom is 0.416 e. The van der Waals surface area contributed by atoms with E-state index in [9.17, 15) is 17.6 Å². The van der Waals surface area contributed by atoms with Crippen LogP contribution in [-0.2, 0) is 12.7 Å². The summed E-state index contributed by atoms with van der Waals surface area (Å²) in [6.07, 6.45) is -4.38. The number of alkyl halides is 3. The first-order valence-electron chi connectivity index (χ1n) is 5.80. The highest BCUT2D eigenvalue weighted by atomic mass is 19.4. The first kappa shape index (κ1) is 14.3. The number of nitrogens with zero attached hydrogens (tertiary/aromatic N) is 1. The molecule has 0 fully saturated rings. The van der Waals surface area contributed by atoms with Gasteiger partial charge in [-0.15, -0.1) is 0 Å². The van der Waals surface area contributed by atoms with Gasteiger partial charge in [0.2, 0.25) is 0 Å². The molecule has 20 heavy (non-hydrogen) atoms. The van der Waals surface area contributed by atoms with E-state index in [0.29, 0.717) is 11.3 Å². The lowest BCUT2D eigenvalue weighted by Crippen LogP contribution is -2.30.